The first-order valence-corrected chi connectivity index (χ1v) is 9.33. The lowest BCUT2D eigenvalue weighted by atomic mass is 10.1. The second-order valence-electron chi connectivity index (χ2n) is 6.68. The number of fused-ring (bicyclic) bond motifs is 1. The smallest absolute Gasteiger partial charge is 0.251 e. The molecule has 0 unspecified atom stereocenters. The van der Waals surface area contributed by atoms with Gasteiger partial charge in [-0.05, 0) is 41.1 Å². The van der Waals surface area contributed by atoms with Gasteiger partial charge in [-0.3, -0.25) is 4.79 Å². The van der Waals surface area contributed by atoms with Crippen molar-refractivity contribution in [2.75, 3.05) is 0 Å². The van der Waals surface area contributed by atoms with E-state index in [9.17, 15) is 4.79 Å². The number of carbonyl (C=O) groups is 1. The number of hydrogen-bond donors (Lipinski definition) is 2. The molecule has 0 spiro atoms. The molecule has 5 aromatic rings. The van der Waals surface area contributed by atoms with Crippen molar-refractivity contribution in [2.45, 2.75) is 6.54 Å². The molecule has 0 bridgehead atoms. The molecule has 30 heavy (non-hydrogen) atoms. The molecule has 0 radical (unpaired) electrons. The Morgan fingerprint density at radius 1 is 0.967 bits per heavy atom. The molecule has 3 aromatic carbocycles. The zero-order valence-electron chi connectivity index (χ0n) is 15.7. The number of hydrogen-bond acceptors (Lipinski definition) is 6. The van der Waals surface area contributed by atoms with Crippen molar-refractivity contribution < 1.29 is 9.21 Å². The summed E-state index contributed by atoms with van der Waals surface area (Å²) in [5.74, 6) is 0.877. The lowest BCUT2D eigenvalue weighted by Crippen LogP contribution is -2.22. The molecule has 8 heteroatoms. The van der Waals surface area contributed by atoms with E-state index in [4.69, 9.17) is 4.42 Å². The number of oxazole rings is 1. The molecule has 0 atom stereocenters. The van der Waals surface area contributed by atoms with Gasteiger partial charge in [0.1, 0.15) is 5.52 Å². The number of benzene rings is 3. The van der Waals surface area contributed by atoms with Crippen molar-refractivity contribution in [3.8, 4) is 22.8 Å². The number of amides is 1. The molecular formula is C22H16N6O2. The molecule has 8 nitrogen and oxygen atoms in total. The number of nitrogens with zero attached hydrogens (tertiary/aromatic N) is 4. The minimum Gasteiger partial charge on any atom is -0.436 e. The number of H-pyrrole nitrogens is 1. The van der Waals surface area contributed by atoms with E-state index in [-0.39, 0.29) is 5.91 Å². The number of aromatic nitrogens is 5. The number of nitrogens with one attached hydrogen (secondary N) is 2. The summed E-state index contributed by atoms with van der Waals surface area (Å²) in [6.07, 6.45) is 0. The van der Waals surface area contributed by atoms with Crippen LogP contribution in [0.25, 0.3) is 33.9 Å². The molecule has 2 heterocycles. The maximum Gasteiger partial charge on any atom is 0.251 e. The molecule has 0 aliphatic rings. The molecule has 0 aliphatic heterocycles. The van der Waals surface area contributed by atoms with Crippen molar-refractivity contribution in [3.05, 3.63) is 83.9 Å². The number of aromatic amines is 1. The zero-order valence-corrected chi connectivity index (χ0v) is 15.7. The minimum atomic E-state index is -0.184. The van der Waals surface area contributed by atoms with Crippen LogP contribution in [0.1, 0.15) is 15.9 Å². The van der Waals surface area contributed by atoms with Crippen LogP contribution in [-0.2, 0) is 6.54 Å². The van der Waals surface area contributed by atoms with Gasteiger partial charge in [-0.2, -0.15) is 5.21 Å². The van der Waals surface area contributed by atoms with Crippen molar-refractivity contribution in [1.82, 2.24) is 30.9 Å². The molecule has 146 valence electrons. The minimum absolute atomic E-state index is 0.184. The summed E-state index contributed by atoms with van der Waals surface area (Å²) >= 11 is 0. The Kier molecular flexibility index (Phi) is 4.49. The standard InChI is InChI=1S/C22H16N6O2/c29-21(23-13-14-6-8-15(9-7-14)20-25-27-28-26-20)17-10-11-18-19(12-17)30-22(24-18)16-4-2-1-3-5-16/h1-12H,13H2,(H,23,29)(H,25,26,27,28). The van der Waals surface area contributed by atoms with E-state index in [1.165, 1.54) is 0 Å². The highest BCUT2D eigenvalue weighted by Gasteiger charge is 2.12. The molecule has 5 rings (SSSR count). The predicted octanol–water partition coefficient (Wildman–Crippen LogP) is 3.60. The summed E-state index contributed by atoms with van der Waals surface area (Å²) in [4.78, 5) is 17.1. The predicted molar refractivity (Wildman–Crippen MR) is 110 cm³/mol. The summed E-state index contributed by atoms with van der Waals surface area (Å²) < 4.78 is 5.85. The largest absolute Gasteiger partial charge is 0.436 e. The first-order chi connectivity index (χ1) is 14.8. The fourth-order valence-electron chi connectivity index (χ4n) is 3.11. The number of tetrazole rings is 1. The van der Waals surface area contributed by atoms with Crippen molar-refractivity contribution in [3.63, 3.8) is 0 Å². The van der Waals surface area contributed by atoms with Crippen molar-refractivity contribution in [1.29, 1.82) is 0 Å². The highest BCUT2D eigenvalue weighted by atomic mass is 16.3. The van der Waals surface area contributed by atoms with Crippen LogP contribution in [0, 0.1) is 0 Å². The maximum atomic E-state index is 12.6. The monoisotopic (exact) mass is 396 g/mol. The average Bonchev–Trinajstić information content (AvgIpc) is 3.48. The van der Waals surface area contributed by atoms with Gasteiger partial charge in [-0.1, -0.05) is 42.5 Å². The van der Waals surface area contributed by atoms with Gasteiger partial charge in [-0.25, -0.2) is 4.98 Å². The second kappa shape index (κ2) is 7.59. The highest BCUT2D eigenvalue weighted by molar-refractivity contribution is 5.97. The van der Waals surface area contributed by atoms with E-state index in [0.717, 1.165) is 16.7 Å². The summed E-state index contributed by atoms with van der Waals surface area (Å²) in [6, 6.07) is 22.5. The van der Waals surface area contributed by atoms with E-state index in [0.29, 0.717) is 34.9 Å². The Morgan fingerprint density at radius 3 is 2.57 bits per heavy atom. The molecule has 0 aliphatic carbocycles. The topological polar surface area (TPSA) is 110 Å². The molecule has 2 aromatic heterocycles. The van der Waals surface area contributed by atoms with Gasteiger partial charge < -0.3 is 9.73 Å². The van der Waals surface area contributed by atoms with Gasteiger partial charge in [0.15, 0.2) is 5.58 Å². The van der Waals surface area contributed by atoms with Crippen LogP contribution >= 0.6 is 0 Å². The van der Waals surface area contributed by atoms with Gasteiger partial charge in [0, 0.05) is 23.2 Å². The van der Waals surface area contributed by atoms with E-state index >= 15 is 0 Å². The molecular weight excluding hydrogens is 380 g/mol. The van der Waals surface area contributed by atoms with Crippen LogP contribution in [0.4, 0.5) is 0 Å². The summed E-state index contributed by atoms with van der Waals surface area (Å²) in [5.41, 5.74) is 4.51. The lowest BCUT2D eigenvalue weighted by Gasteiger charge is -2.06. The van der Waals surface area contributed by atoms with E-state index in [1.807, 2.05) is 54.6 Å². The SMILES string of the molecule is O=C(NCc1ccc(-c2nn[nH]n2)cc1)c1ccc2nc(-c3ccccc3)oc2c1. The third-order valence-corrected chi connectivity index (χ3v) is 4.68. The molecule has 0 fully saturated rings. The first kappa shape index (κ1) is 17.7. The first-order valence-electron chi connectivity index (χ1n) is 9.33. The van der Waals surface area contributed by atoms with Crippen LogP contribution in [0.5, 0.6) is 0 Å². The normalized spacial score (nSPS) is 10.9. The van der Waals surface area contributed by atoms with E-state index in [1.54, 1.807) is 18.2 Å². The molecule has 1 amide bonds. The Hall–Kier alpha value is -4.33. The Morgan fingerprint density at radius 2 is 1.80 bits per heavy atom. The Balaban J connectivity index is 1.29. The third kappa shape index (κ3) is 3.53. The number of rotatable bonds is 5. The van der Waals surface area contributed by atoms with Crippen LogP contribution < -0.4 is 5.32 Å². The fourth-order valence-corrected chi connectivity index (χ4v) is 3.11. The maximum absolute atomic E-state index is 12.6. The van der Waals surface area contributed by atoms with Gasteiger partial charge in [0.05, 0.1) is 0 Å². The summed E-state index contributed by atoms with van der Waals surface area (Å²) in [6.45, 7) is 0.398. The quantitative estimate of drug-likeness (QED) is 0.470. The fraction of sp³-hybridized carbons (Fsp3) is 0.0455. The van der Waals surface area contributed by atoms with Gasteiger partial charge in [0.2, 0.25) is 11.7 Å². The molecule has 2 N–H and O–H groups in total. The third-order valence-electron chi connectivity index (χ3n) is 4.68. The second-order valence-corrected chi connectivity index (χ2v) is 6.68. The van der Waals surface area contributed by atoms with Gasteiger partial charge in [-0.15, -0.1) is 10.2 Å². The molecule has 0 saturated carbocycles. The van der Waals surface area contributed by atoms with Crippen LogP contribution in [0.3, 0.4) is 0 Å². The van der Waals surface area contributed by atoms with Crippen LogP contribution in [-0.4, -0.2) is 31.5 Å². The average molecular weight is 396 g/mol. The molecule has 0 saturated heterocycles. The van der Waals surface area contributed by atoms with Crippen LogP contribution in [0.2, 0.25) is 0 Å². The van der Waals surface area contributed by atoms with Crippen LogP contribution in [0.15, 0.2) is 77.2 Å². The van der Waals surface area contributed by atoms with Gasteiger partial charge >= 0.3 is 0 Å². The zero-order chi connectivity index (χ0) is 20.3. The summed E-state index contributed by atoms with van der Waals surface area (Å²) in [5, 5.41) is 16.8. The Labute approximate surface area is 171 Å². The Bertz CT molecular complexity index is 1300. The summed E-state index contributed by atoms with van der Waals surface area (Å²) in [7, 11) is 0. The van der Waals surface area contributed by atoms with E-state index < -0.39 is 0 Å². The number of carbonyl (C=O) groups excluding carboxylic acids is 1. The van der Waals surface area contributed by atoms with Gasteiger partial charge in [0.25, 0.3) is 5.91 Å². The van der Waals surface area contributed by atoms with Crippen molar-refractivity contribution in [2.24, 2.45) is 0 Å². The van der Waals surface area contributed by atoms with Crippen molar-refractivity contribution >= 4 is 17.0 Å². The lowest BCUT2D eigenvalue weighted by molar-refractivity contribution is 0.0951. The van der Waals surface area contributed by atoms with E-state index in [2.05, 4.69) is 30.9 Å². The highest BCUT2D eigenvalue weighted by Crippen LogP contribution is 2.24.